The fourth-order valence-electron chi connectivity index (χ4n) is 0.968. The summed E-state index contributed by atoms with van der Waals surface area (Å²) in [7, 11) is 0. The molecule has 0 aliphatic heterocycles. The van der Waals surface area contributed by atoms with Crippen molar-refractivity contribution < 1.29 is 14.3 Å². The van der Waals surface area contributed by atoms with Crippen molar-refractivity contribution in [1.82, 2.24) is 0 Å². The van der Waals surface area contributed by atoms with E-state index < -0.39 is 12.0 Å². The Morgan fingerprint density at radius 3 is 2.85 bits per heavy atom. The molecule has 5 heteroatoms. The predicted molar refractivity (Wildman–Crippen MR) is 50.5 cm³/mol. The summed E-state index contributed by atoms with van der Waals surface area (Å²) >= 11 is 3.16. The van der Waals surface area contributed by atoms with Crippen LogP contribution in [0.3, 0.4) is 0 Å². The molecule has 0 bridgehead atoms. The Labute approximate surface area is 83.8 Å². The SMILES string of the molecule is Cc1cc(Br)oc1CC(N)C(=O)O. The first-order valence-corrected chi connectivity index (χ1v) is 4.53. The van der Waals surface area contributed by atoms with Crippen LogP contribution in [0.15, 0.2) is 15.2 Å². The quantitative estimate of drug-likeness (QED) is 0.845. The number of aryl methyl sites for hydroxylation is 1. The number of nitrogens with two attached hydrogens (primary N) is 1. The lowest BCUT2D eigenvalue weighted by molar-refractivity contribution is -0.138. The average Bonchev–Trinajstić information content (AvgIpc) is 2.30. The standard InChI is InChI=1S/C8H10BrNO3/c1-4-2-7(9)13-6(4)3-5(10)8(11)12/h2,5H,3,10H2,1H3,(H,11,12). The van der Waals surface area contributed by atoms with Crippen LogP contribution in [0.2, 0.25) is 0 Å². The van der Waals surface area contributed by atoms with Crippen molar-refractivity contribution >= 4 is 21.9 Å². The van der Waals surface area contributed by atoms with Gasteiger partial charge in [-0.3, -0.25) is 4.79 Å². The lowest BCUT2D eigenvalue weighted by atomic mass is 10.1. The summed E-state index contributed by atoms with van der Waals surface area (Å²) in [4.78, 5) is 10.4. The van der Waals surface area contributed by atoms with Crippen molar-refractivity contribution in [2.24, 2.45) is 5.73 Å². The Hall–Kier alpha value is -0.810. The van der Waals surface area contributed by atoms with Gasteiger partial charge < -0.3 is 15.3 Å². The number of hydrogen-bond donors (Lipinski definition) is 2. The second-order valence-corrected chi connectivity index (χ2v) is 3.59. The van der Waals surface area contributed by atoms with Crippen LogP contribution >= 0.6 is 15.9 Å². The number of rotatable bonds is 3. The number of furan rings is 1. The topological polar surface area (TPSA) is 76.5 Å². The van der Waals surface area contributed by atoms with Crippen molar-refractivity contribution in [1.29, 1.82) is 0 Å². The van der Waals surface area contributed by atoms with E-state index in [0.29, 0.717) is 10.4 Å². The number of carboxylic acid groups (broad SMARTS) is 1. The highest BCUT2D eigenvalue weighted by Gasteiger charge is 2.16. The molecule has 1 aromatic rings. The van der Waals surface area contributed by atoms with Gasteiger partial charge in [0.25, 0.3) is 0 Å². The van der Waals surface area contributed by atoms with Crippen LogP contribution in [0, 0.1) is 6.92 Å². The molecule has 3 N–H and O–H groups in total. The largest absolute Gasteiger partial charge is 0.480 e. The second kappa shape index (κ2) is 3.93. The number of carbonyl (C=O) groups is 1. The number of hydrogen-bond acceptors (Lipinski definition) is 3. The Morgan fingerprint density at radius 2 is 2.46 bits per heavy atom. The molecule has 4 nitrogen and oxygen atoms in total. The molecular formula is C8H10BrNO3. The minimum Gasteiger partial charge on any atom is -0.480 e. The summed E-state index contributed by atoms with van der Waals surface area (Å²) in [5, 5.41) is 8.56. The first-order chi connectivity index (χ1) is 6.00. The highest BCUT2D eigenvalue weighted by molar-refractivity contribution is 9.10. The monoisotopic (exact) mass is 247 g/mol. The van der Waals surface area contributed by atoms with Gasteiger partial charge in [0.05, 0.1) is 0 Å². The van der Waals surface area contributed by atoms with E-state index in [4.69, 9.17) is 15.3 Å². The summed E-state index contributed by atoms with van der Waals surface area (Å²) in [5.74, 6) is -0.409. The van der Waals surface area contributed by atoms with Gasteiger partial charge in [-0.2, -0.15) is 0 Å². The molecule has 1 rings (SSSR count). The van der Waals surface area contributed by atoms with Crippen LogP contribution in [-0.2, 0) is 11.2 Å². The molecule has 1 aromatic heterocycles. The molecule has 0 amide bonds. The van der Waals surface area contributed by atoms with Gasteiger partial charge in [-0.1, -0.05) is 0 Å². The zero-order chi connectivity index (χ0) is 10.0. The second-order valence-electron chi connectivity index (χ2n) is 2.81. The van der Waals surface area contributed by atoms with E-state index in [2.05, 4.69) is 15.9 Å². The molecule has 13 heavy (non-hydrogen) atoms. The van der Waals surface area contributed by atoms with E-state index in [0.717, 1.165) is 5.56 Å². The summed E-state index contributed by atoms with van der Waals surface area (Å²) in [5.41, 5.74) is 6.26. The molecule has 1 atom stereocenters. The van der Waals surface area contributed by atoms with E-state index >= 15 is 0 Å². The summed E-state index contributed by atoms with van der Waals surface area (Å²) < 4.78 is 5.80. The molecule has 0 aliphatic carbocycles. The van der Waals surface area contributed by atoms with Crippen LogP contribution in [-0.4, -0.2) is 17.1 Å². The predicted octanol–water partition coefficient (Wildman–Crippen LogP) is 1.30. The maximum Gasteiger partial charge on any atom is 0.320 e. The third-order valence-electron chi connectivity index (χ3n) is 1.71. The fourth-order valence-corrected chi connectivity index (χ4v) is 1.51. The van der Waals surface area contributed by atoms with Gasteiger partial charge in [0.15, 0.2) is 4.67 Å². The maximum atomic E-state index is 10.4. The van der Waals surface area contributed by atoms with Gasteiger partial charge in [-0.25, -0.2) is 0 Å². The van der Waals surface area contributed by atoms with E-state index in [9.17, 15) is 4.79 Å². The first kappa shape index (κ1) is 10.3. The highest BCUT2D eigenvalue weighted by Crippen LogP contribution is 2.20. The van der Waals surface area contributed by atoms with E-state index in [1.54, 1.807) is 6.07 Å². The van der Waals surface area contributed by atoms with Gasteiger partial charge in [-0.05, 0) is 34.5 Å². The minimum atomic E-state index is -1.02. The molecule has 0 fully saturated rings. The van der Waals surface area contributed by atoms with E-state index in [-0.39, 0.29) is 6.42 Å². The fraction of sp³-hybridized carbons (Fsp3) is 0.375. The Kier molecular flexibility index (Phi) is 3.11. The smallest absolute Gasteiger partial charge is 0.320 e. The summed E-state index contributed by atoms with van der Waals surface area (Å²) in [6.45, 7) is 1.85. The van der Waals surface area contributed by atoms with Crippen molar-refractivity contribution in [3.63, 3.8) is 0 Å². The normalized spacial score (nSPS) is 12.8. The summed E-state index contributed by atoms with van der Waals surface area (Å²) in [6.07, 6.45) is 0.215. The molecule has 0 radical (unpaired) electrons. The Balaban J connectivity index is 2.74. The van der Waals surface area contributed by atoms with Gasteiger partial charge in [-0.15, -0.1) is 0 Å². The first-order valence-electron chi connectivity index (χ1n) is 3.74. The van der Waals surface area contributed by atoms with E-state index in [1.165, 1.54) is 0 Å². The minimum absolute atomic E-state index is 0.215. The van der Waals surface area contributed by atoms with Crippen LogP contribution in [0.25, 0.3) is 0 Å². The van der Waals surface area contributed by atoms with Gasteiger partial charge in [0, 0.05) is 6.42 Å². The average molecular weight is 248 g/mol. The van der Waals surface area contributed by atoms with Crippen molar-refractivity contribution in [2.45, 2.75) is 19.4 Å². The van der Waals surface area contributed by atoms with Crippen LogP contribution < -0.4 is 5.73 Å². The molecule has 1 unspecified atom stereocenters. The van der Waals surface area contributed by atoms with Crippen LogP contribution in [0.5, 0.6) is 0 Å². The van der Waals surface area contributed by atoms with Crippen LogP contribution in [0.1, 0.15) is 11.3 Å². The molecule has 0 spiro atoms. The van der Waals surface area contributed by atoms with Crippen molar-refractivity contribution in [3.05, 3.63) is 22.1 Å². The number of aliphatic carboxylic acids is 1. The zero-order valence-corrected chi connectivity index (χ0v) is 8.67. The lowest BCUT2D eigenvalue weighted by Crippen LogP contribution is -2.32. The highest BCUT2D eigenvalue weighted by atomic mass is 79.9. The van der Waals surface area contributed by atoms with E-state index in [1.807, 2.05) is 6.92 Å². The summed E-state index contributed by atoms with van der Waals surface area (Å²) in [6, 6.07) is 0.876. The molecule has 1 heterocycles. The zero-order valence-electron chi connectivity index (χ0n) is 7.08. The maximum absolute atomic E-state index is 10.4. The van der Waals surface area contributed by atoms with Crippen molar-refractivity contribution in [2.75, 3.05) is 0 Å². The molecular weight excluding hydrogens is 238 g/mol. The molecule has 0 saturated heterocycles. The van der Waals surface area contributed by atoms with Crippen molar-refractivity contribution in [3.8, 4) is 0 Å². The molecule has 0 aromatic carbocycles. The number of halogens is 1. The number of carboxylic acids is 1. The Bertz CT molecular complexity index is 321. The van der Waals surface area contributed by atoms with Gasteiger partial charge in [0.1, 0.15) is 11.8 Å². The molecule has 0 aliphatic rings. The molecule has 72 valence electrons. The molecule has 0 saturated carbocycles. The van der Waals surface area contributed by atoms with Gasteiger partial charge >= 0.3 is 5.97 Å². The third kappa shape index (κ3) is 2.57. The third-order valence-corrected chi connectivity index (χ3v) is 2.10. The lowest BCUT2D eigenvalue weighted by Gasteiger charge is -2.03. The Morgan fingerprint density at radius 1 is 1.85 bits per heavy atom. The van der Waals surface area contributed by atoms with Crippen LogP contribution in [0.4, 0.5) is 0 Å². The van der Waals surface area contributed by atoms with Gasteiger partial charge in [0.2, 0.25) is 0 Å².